The molecule has 0 saturated carbocycles. The molecule has 94 valence electrons. The molecule has 0 amide bonds. The van der Waals surface area contributed by atoms with Crippen molar-refractivity contribution in [3.05, 3.63) is 29.6 Å². The summed E-state index contributed by atoms with van der Waals surface area (Å²) in [6.45, 7) is 3.59. The molecule has 4 nitrogen and oxygen atoms in total. The smallest absolute Gasteiger partial charge is 0.0698 e. The van der Waals surface area contributed by atoms with Crippen molar-refractivity contribution >= 4 is 0 Å². The summed E-state index contributed by atoms with van der Waals surface area (Å²) in [6.07, 6.45) is 4.56. The molecule has 1 aromatic heterocycles. The number of piperidine rings is 1. The summed E-state index contributed by atoms with van der Waals surface area (Å²) in [5.41, 5.74) is 7.95. The third-order valence-corrected chi connectivity index (χ3v) is 3.37. The van der Waals surface area contributed by atoms with Gasteiger partial charge < -0.3 is 10.5 Å². The number of nitrogens with two attached hydrogens (primary N) is 1. The van der Waals surface area contributed by atoms with Gasteiger partial charge in [-0.15, -0.1) is 0 Å². The van der Waals surface area contributed by atoms with E-state index in [1.165, 1.54) is 18.4 Å². The molecule has 1 aliphatic heterocycles. The maximum absolute atomic E-state index is 5.70. The molecule has 1 saturated heterocycles. The van der Waals surface area contributed by atoms with Crippen LogP contribution in [0, 0.1) is 0 Å². The van der Waals surface area contributed by atoms with Crippen molar-refractivity contribution in [1.29, 1.82) is 0 Å². The number of methoxy groups -OCH3 is 1. The maximum atomic E-state index is 5.70. The molecule has 0 spiro atoms. The Kier molecular flexibility index (Phi) is 4.48. The average molecular weight is 235 g/mol. The van der Waals surface area contributed by atoms with Gasteiger partial charge >= 0.3 is 0 Å². The molecule has 2 heterocycles. The van der Waals surface area contributed by atoms with Crippen molar-refractivity contribution in [2.24, 2.45) is 5.73 Å². The van der Waals surface area contributed by atoms with E-state index in [4.69, 9.17) is 10.5 Å². The first-order valence-corrected chi connectivity index (χ1v) is 6.21. The number of likely N-dealkylation sites (tertiary alicyclic amines) is 1. The molecule has 0 aliphatic carbocycles. The van der Waals surface area contributed by atoms with Gasteiger partial charge in [-0.2, -0.15) is 0 Å². The van der Waals surface area contributed by atoms with Crippen LogP contribution in [0.15, 0.2) is 18.3 Å². The summed E-state index contributed by atoms with van der Waals surface area (Å²) >= 11 is 0. The minimum absolute atomic E-state index is 0.377. The molecule has 2 N–H and O–H groups in total. The predicted molar refractivity (Wildman–Crippen MR) is 67.4 cm³/mol. The Hall–Kier alpha value is -0.970. The van der Waals surface area contributed by atoms with Crippen LogP contribution in [0.25, 0.3) is 0 Å². The van der Waals surface area contributed by atoms with E-state index in [2.05, 4.69) is 16.0 Å². The summed E-state index contributed by atoms with van der Waals surface area (Å²) in [6, 6.07) is 4.10. The molecular weight excluding hydrogens is 214 g/mol. The van der Waals surface area contributed by atoms with E-state index in [0.717, 1.165) is 25.3 Å². The second-order valence-corrected chi connectivity index (χ2v) is 4.55. The van der Waals surface area contributed by atoms with Gasteiger partial charge in [-0.25, -0.2) is 0 Å². The number of pyridine rings is 1. The second kappa shape index (κ2) is 6.10. The van der Waals surface area contributed by atoms with E-state index in [1.54, 1.807) is 13.3 Å². The summed E-state index contributed by atoms with van der Waals surface area (Å²) in [4.78, 5) is 6.74. The molecule has 0 bridgehead atoms. The fraction of sp³-hybridized carbons (Fsp3) is 0.615. The van der Waals surface area contributed by atoms with Crippen LogP contribution in [0.1, 0.15) is 24.1 Å². The Balaban J connectivity index is 2.00. The summed E-state index contributed by atoms with van der Waals surface area (Å²) < 4.78 is 5.43. The lowest BCUT2D eigenvalue weighted by Crippen LogP contribution is -2.38. The van der Waals surface area contributed by atoms with Crippen LogP contribution in [-0.4, -0.2) is 36.2 Å². The Labute approximate surface area is 103 Å². The number of ether oxygens (including phenoxy) is 1. The van der Waals surface area contributed by atoms with Crippen LogP contribution >= 0.6 is 0 Å². The van der Waals surface area contributed by atoms with Gasteiger partial charge in [-0.3, -0.25) is 9.88 Å². The molecule has 17 heavy (non-hydrogen) atoms. The molecule has 0 radical (unpaired) electrons. The van der Waals surface area contributed by atoms with Crippen LogP contribution in [-0.2, 0) is 17.8 Å². The number of hydrogen-bond acceptors (Lipinski definition) is 4. The lowest BCUT2D eigenvalue weighted by Gasteiger charge is -2.32. The fourth-order valence-corrected chi connectivity index (χ4v) is 2.39. The lowest BCUT2D eigenvalue weighted by molar-refractivity contribution is 0.0284. The van der Waals surface area contributed by atoms with E-state index in [9.17, 15) is 0 Å². The topological polar surface area (TPSA) is 51.4 Å². The minimum Gasteiger partial charge on any atom is -0.380 e. The van der Waals surface area contributed by atoms with Gasteiger partial charge in [0.25, 0.3) is 0 Å². The fourth-order valence-electron chi connectivity index (χ4n) is 2.39. The van der Waals surface area contributed by atoms with Crippen LogP contribution in [0.4, 0.5) is 0 Å². The number of aromatic nitrogens is 1. The summed E-state index contributed by atoms with van der Waals surface area (Å²) in [5, 5.41) is 0. The highest BCUT2D eigenvalue weighted by Gasteiger charge is 2.19. The predicted octanol–water partition coefficient (Wildman–Crippen LogP) is 1.15. The first kappa shape index (κ1) is 12.5. The zero-order valence-corrected chi connectivity index (χ0v) is 10.4. The Bertz CT molecular complexity index is 356. The van der Waals surface area contributed by atoms with Crippen molar-refractivity contribution in [1.82, 2.24) is 9.88 Å². The van der Waals surface area contributed by atoms with Gasteiger partial charge in [0.2, 0.25) is 0 Å². The van der Waals surface area contributed by atoms with Crippen LogP contribution in [0.2, 0.25) is 0 Å². The third kappa shape index (κ3) is 3.25. The Morgan fingerprint density at radius 3 is 3.24 bits per heavy atom. The standard InChI is InChI=1S/C13H21N3O/c1-17-12-5-3-7-16(10-12)9-11-4-2-6-15-13(11)8-14/h2,4,6,12H,3,5,7-10,14H2,1H3. The van der Waals surface area contributed by atoms with E-state index in [1.807, 2.05) is 6.07 Å². The molecule has 2 rings (SSSR count). The largest absolute Gasteiger partial charge is 0.380 e. The first-order valence-electron chi connectivity index (χ1n) is 6.21. The average Bonchev–Trinajstić information content (AvgIpc) is 2.39. The van der Waals surface area contributed by atoms with Crippen molar-refractivity contribution in [2.75, 3.05) is 20.2 Å². The van der Waals surface area contributed by atoms with Crippen LogP contribution in [0.5, 0.6) is 0 Å². The monoisotopic (exact) mass is 235 g/mol. The van der Waals surface area contributed by atoms with Gasteiger partial charge in [0.15, 0.2) is 0 Å². The zero-order chi connectivity index (χ0) is 12.1. The van der Waals surface area contributed by atoms with Crippen LogP contribution < -0.4 is 5.73 Å². The van der Waals surface area contributed by atoms with E-state index in [0.29, 0.717) is 12.6 Å². The van der Waals surface area contributed by atoms with Crippen molar-refractivity contribution < 1.29 is 4.74 Å². The summed E-state index contributed by atoms with van der Waals surface area (Å²) in [5.74, 6) is 0. The Morgan fingerprint density at radius 1 is 1.59 bits per heavy atom. The van der Waals surface area contributed by atoms with E-state index < -0.39 is 0 Å². The van der Waals surface area contributed by atoms with Crippen molar-refractivity contribution in [3.8, 4) is 0 Å². The SMILES string of the molecule is COC1CCCN(Cc2cccnc2CN)C1. The van der Waals surface area contributed by atoms with Gasteiger partial charge in [-0.05, 0) is 31.0 Å². The highest BCUT2D eigenvalue weighted by atomic mass is 16.5. The molecule has 4 heteroatoms. The zero-order valence-electron chi connectivity index (χ0n) is 10.4. The van der Waals surface area contributed by atoms with E-state index >= 15 is 0 Å². The quantitative estimate of drug-likeness (QED) is 0.850. The molecule has 1 atom stereocenters. The highest BCUT2D eigenvalue weighted by molar-refractivity contribution is 5.19. The van der Waals surface area contributed by atoms with Crippen molar-refractivity contribution in [3.63, 3.8) is 0 Å². The minimum atomic E-state index is 0.377. The molecular formula is C13H21N3O. The second-order valence-electron chi connectivity index (χ2n) is 4.55. The molecule has 1 aliphatic rings. The van der Waals surface area contributed by atoms with Gasteiger partial charge in [0.1, 0.15) is 0 Å². The molecule has 0 aromatic carbocycles. The summed E-state index contributed by atoms with van der Waals surface area (Å²) in [7, 11) is 1.80. The van der Waals surface area contributed by atoms with Gasteiger partial charge in [-0.1, -0.05) is 6.07 Å². The molecule has 1 unspecified atom stereocenters. The molecule has 1 aromatic rings. The number of rotatable bonds is 4. The normalized spacial score (nSPS) is 21.6. The third-order valence-electron chi connectivity index (χ3n) is 3.37. The number of hydrogen-bond donors (Lipinski definition) is 1. The van der Waals surface area contributed by atoms with Crippen LogP contribution in [0.3, 0.4) is 0 Å². The van der Waals surface area contributed by atoms with Gasteiger partial charge in [0, 0.05) is 32.9 Å². The Morgan fingerprint density at radius 2 is 2.47 bits per heavy atom. The van der Waals surface area contributed by atoms with Crippen molar-refractivity contribution in [2.45, 2.75) is 32.0 Å². The van der Waals surface area contributed by atoms with Gasteiger partial charge in [0.05, 0.1) is 11.8 Å². The lowest BCUT2D eigenvalue weighted by atomic mass is 10.1. The van der Waals surface area contributed by atoms with E-state index in [-0.39, 0.29) is 0 Å². The first-order chi connectivity index (χ1) is 8.33. The number of nitrogens with zero attached hydrogens (tertiary/aromatic N) is 2. The maximum Gasteiger partial charge on any atom is 0.0698 e. The molecule has 1 fully saturated rings. The highest BCUT2D eigenvalue weighted by Crippen LogP contribution is 2.16.